The van der Waals surface area contributed by atoms with E-state index in [4.69, 9.17) is 19.2 Å². The fraction of sp³-hybridized carbons (Fsp3) is 0.258. The van der Waals surface area contributed by atoms with Crippen LogP contribution < -0.4 is 19.5 Å². The predicted octanol–water partition coefficient (Wildman–Crippen LogP) is 5.92. The number of carbonyl (C=O) groups is 2. The smallest absolute Gasteiger partial charge is 0.245 e. The molecular weight excluding hydrogens is 526 g/mol. The summed E-state index contributed by atoms with van der Waals surface area (Å²) in [6, 6.07) is 22.6. The van der Waals surface area contributed by atoms with Crippen LogP contribution in [0.15, 0.2) is 72.8 Å². The minimum atomic E-state index is -0.325. The standard InChI is InChI=1S/C31H33N3O5S/c1-20(2)34(28(36)18-21-11-16-25(38-4)26(17-21)39-5)19-27(35)32-30-29(22-12-14-24(37-3)15-13-22)40-31(33-30)23-9-7-6-8-10-23/h6-17,20H,18-19H2,1-5H3,(H,32,35). The van der Waals surface area contributed by atoms with Crippen LogP contribution in [0.3, 0.4) is 0 Å². The maximum absolute atomic E-state index is 13.3. The van der Waals surface area contributed by atoms with Gasteiger partial charge >= 0.3 is 0 Å². The highest BCUT2D eigenvalue weighted by atomic mass is 32.1. The summed E-state index contributed by atoms with van der Waals surface area (Å²) in [7, 11) is 4.73. The summed E-state index contributed by atoms with van der Waals surface area (Å²) in [5.41, 5.74) is 2.63. The first-order valence-electron chi connectivity index (χ1n) is 12.8. The summed E-state index contributed by atoms with van der Waals surface area (Å²) in [6.07, 6.45) is 0.123. The lowest BCUT2D eigenvalue weighted by molar-refractivity contribution is -0.135. The third kappa shape index (κ3) is 6.79. The van der Waals surface area contributed by atoms with E-state index in [1.54, 1.807) is 38.4 Å². The first-order chi connectivity index (χ1) is 19.3. The van der Waals surface area contributed by atoms with Crippen LogP contribution in [0.2, 0.25) is 0 Å². The van der Waals surface area contributed by atoms with Crippen molar-refractivity contribution >= 4 is 29.0 Å². The number of ether oxygens (including phenoxy) is 3. The van der Waals surface area contributed by atoms with Gasteiger partial charge in [-0.15, -0.1) is 11.3 Å². The zero-order valence-electron chi connectivity index (χ0n) is 23.3. The fourth-order valence-corrected chi connectivity index (χ4v) is 5.23. The molecule has 4 rings (SSSR count). The molecule has 8 nitrogen and oxygen atoms in total. The fourth-order valence-electron chi connectivity index (χ4n) is 4.20. The van der Waals surface area contributed by atoms with E-state index in [1.165, 1.54) is 11.3 Å². The van der Waals surface area contributed by atoms with Crippen molar-refractivity contribution < 1.29 is 23.8 Å². The van der Waals surface area contributed by atoms with Gasteiger partial charge in [0, 0.05) is 11.6 Å². The maximum Gasteiger partial charge on any atom is 0.245 e. The Balaban J connectivity index is 1.55. The molecule has 40 heavy (non-hydrogen) atoms. The van der Waals surface area contributed by atoms with Crippen LogP contribution in [0, 0.1) is 0 Å². The van der Waals surface area contributed by atoms with E-state index in [0.717, 1.165) is 32.3 Å². The number of thiazole rings is 1. The number of anilines is 1. The second-order valence-electron chi connectivity index (χ2n) is 9.32. The van der Waals surface area contributed by atoms with Crippen LogP contribution in [-0.4, -0.2) is 55.6 Å². The van der Waals surface area contributed by atoms with Gasteiger partial charge in [-0.25, -0.2) is 4.98 Å². The maximum atomic E-state index is 13.3. The normalized spacial score (nSPS) is 10.8. The van der Waals surface area contributed by atoms with Gasteiger partial charge in [0.2, 0.25) is 11.8 Å². The second-order valence-corrected chi connectivity index (χ2v) is 10.3. The van der Waals surface area contributed by atoms with E-state index in [1.807, 2.05) is 74.5 Å². The lowest BCUT2D eigenvalue weighted by Gasteiger charge is -2.26. The molecule has 0 saturated heterocycles. The second kappa shape index (κ2) is 13.1. The Labute approximate surface area is 238 Å². The number of hydrogen-bond acceptors (Lipinski definition) is 7. The molecular formula is C31H33N3O5S. The van der Waals surface area contributed by atoms with Gasteiger partial charge < -0.3 is 24.4 Å². The highest BCUT2D eigenvalue weighted by Gasteiger charge is 2.23. The van der Waals surface area contributed by atoms with Crippen LogP contribution in [-0.2, 0) is 16.0 Å². The Morgan fingerprint density at radius 3 is 2.20 bits per heavy atom. The van der Waals surface area contributed by atoms with Crippen molar-refractivity contribution in [3.05, 3.63) is 78.4 Å². The summed E-state index contributed by atoms with van der Waals surface area (Å²) in [6.45, 7) is 3.67. The van der Waals surface area contributed by atoms with Crippen LogP contribution in [0.25, 0.3) is 21.0 Å². The number of carbonyl (C=O) groups excluding carboxylic acids is 2. The minimum Gasteiger partial charge on any atom is -0.497 e. The molecule has 0 fully saturated rings. The van der Waals surface area contributed by atoms with Gasteiger partial charge in [-0.1, -0.05) is 36.4 Å². The number of amides is 2. The minimum absolute atomic E-state index is 0.107. The van der Waals surface area contributed by atoms with Crippen LogP contribution in [0.4, 0.5) is 5.82 Å². The van der Waals surface area contributed by atoms with E-state index in [0.29, 0.717) is 17.3 Å². The Bertz CT molecular complexity index is 1450. The molecule has 2 amide bonds. The number of methoxy groups -OCH3 is 3. The van der Waals surface area contributed by atoms with Gasteiger partial charge in [-0.3, -0.25) is 9.59 Å². The molecule has 3 aromatic carbocycles. The van der Waals surface area contributed by atoms with Crippen molar-refractivity contribution in [3.63, 3.8) is 0 Å². The zero-order valence-corrected chi connectivity index (χ0v) is 24.1. The van der Waals surface area contributed by atoms with Gasteiger partial charge in [0.05, 0.1) is 32.6 Å². The Morgan fingerprint density at radius 2 is 1.57 bits per heavy atom. The summed E-state index contributed by atoms with van der Waals surface area (Å²) < 4.78 is 16.0. The third-order valence-corrected chi connectivity index (χ3v) is 7.47. The number of rotatable bonds is 11. The van der Waals surface area contributed by atoms with Gasteiger partial charge in [0.1, 0.15) is 17.3 Å². The number of hydrogen-bond donors (Lipinski definition) is 1. The molecule has 0 radical (unpaired) electrons. The Kier molecular flexibility index (Phi) is 9.39. The summed E-state index contributed by atoms with van der Waals surface area (Å²) >= 11 is 1.49. The predicted molar refractivity (Wildman–Crippen MR) is 158 cm³/mol. The van der Waals surface area contributed by atoms with Crippen LogP contribution in [0.1, 0.15) is 19.4 Å². The van der Waals surface area contributed by atoms with Crippen molar-refractivity contribution in [2.45, 2.75) is 26.3 Å². The van der Waals surface area contributed by atoms with E-state index < -0.39 is 0 Å². The largest absolute Gasteiger partial charge is 0.497 e. The van der Waals surface area contributed by atoms with Crippen molar-refractivity contribution in [3.8, 4) is 38.3 Å². The molecule has 208 valence electrons. The van der Waals surface area contributed by atoms with Gasteiger partial charge in [0.15, 0.2) is 17.3 Å². The quantitative estimate of drug-likeness (QED) is 0.245. The number of nitrogens with zero attached hydrogens (tertiary/aromatic N) is 2. The number of aromatic nitrogens is 1. The van der Waals surface area contributed by atoms with Gasteiger partial charge in [-0.05, 0) is 61.4 Å². The average Bonchev–Trinajstić information content (AvgIpc) is 3.39. The van der Waals surface area contributed by atoms with Gasteiger partial charge in [-0.2, -0.15) is 0 Å². The molecule has 0 spiro atoms. The molecule has 0 atom stereocenters. The van der Waals surface area contributed by atoms with E-state index in [9.17, 15) is 9.59 Å². The highest BCUT2D eigenvalue weighted by molar-refractivity contribution is 7.19. The van der Waals surface area contributed by atoms with Crippen LogP contribution in [0.5, 0.6) is 17.2 Å². The molecule has 4 aromatic rings. The first-order valence-corrected chi connectivity index (χ1v) is 13.7. The van der Waals surface area contributed by atoms with Crippen molar-refractivity contribution in [1.29, 1.82) is 0 Å². The molecule has 0 aliphatic rings. The van der Waals surface area contributed by atoms with Crippen molar-refractivity contribution in [2.24, 2.45) is 0 Å². The molecule has 0 saturated carbocycles. The molecule has 1 heterocycles. The molecule has 9 heteroatoms. The van der Waals surface area contributed by atoms with E-state index in [-0.39, 0.29) is 30.8 Å². The molecule has 0 bridgehead atoms. The Morgan fingerprint density at radius 1 is 0.875 bits per heavy atom. The summed E-state index contributed by atoms with van der Waals surface area (Å²) in [4.78, 5) is 33.7. The molecule has 0 aliphatic heterocycles. The first kappa shape index (κ1) is 28.6. The molecule has 1 N–H and O–H groups in total. The summed E-state index contributed by atoms with van der Waals surface area (Å²) in [5.74, 6) is 1.83. The monoisotopic (exact) mass is 559 g/mol. The number of benzene rings is 3. The number of nitrogens with one attached hydrogen (secondary N) is 1. The third-order valence-electron chi connectivity index (χ3n) is 6.32. The average molecular weight is 560 g/mol. The molecule has 0 unspecified atom stereocenters. The summed E-state index contributed by atoms with van der Waals surface area (Å²) in [5, 5.41) is 3.75. The van der Waals surface area contributed by atoms with Crippen LogP contribution >= 0.6 is 11.3 Å². The lowest BCUT2D eigenvalue weighted by Crippen LogP contribution is -2.43. The zero-order chi connectivity index (χ0) is 28.6. The molecule has 0 aliphatic carbocycles. The Hall–Kier alpha value is -4.37. The van der Waals surface area contributed by atoms with E-state index in [2.05, 4.69) is 5.32 Å². The topological polar surface area (TPSA) is 90.0 Å². The van der Waals surface area contributed by atoms with Crippen molar-refractivity contribution in [2.75, 3.05) is 33.2 Å². The lowest BCUT2D eigenvalue weighted by atomic mass is 10.1. The SMILES string of the molecule is COc1ccc(-c2sc(-c3ccccc3)nc2NC(=O)CN(C(=O)Cc2ccc(OC)c(OC)c2)C(C)C)cc1. The highest BCUT2D eigenvalue weighted by Crippen LogP contribution is 2.39. The van der Waals surface area contributed by atoms with E-state index >= 15 is 0 Å². The molecule has 1 aromatic heterocycles. The van der Waals surface area contributed by atoms with Crippen molar-refractivity contribution in [1.82, 2.24) is 9.88 Å². The van der Waals surface area contributed by atoms with Gasteiger partial charge in [0.25, 0.3) is 0 Å².